The Morgan fingerprint density at radius 2 is 2.19 bits per heavy atom. The van der Waals surface area contributed by atoms with Gasteiger partial charge in [-0.15, -0.1) is 11.3 Å². The first-order chi connectivity index (χ1) is 13.2. The zero-order valence-corrected chi connectivity index (χ0v) is 15.7. The Balaban J connectivity index is 1.51. The van der Waals surface area contributed by atoms with Crippen molar-refractivity contribution in [3.05, 3.63) is 53.2 Å². The van der Waals surface area contributed by atoms with Gasteiger partial charge in [0.2, 0.25) is 5.82 Å². The molecular weight excluding hydrogens is 368 g/mol. The highest BCUT2D eigenvalue weighted by atomic mass is 32.1. The van der Waals surface area contributed by atoms with Gasteiger partial charge in [0, 0.05) is 0 Å². The molecule has 0 unspecified atom stereocenters. The fourth-order valence-corrected chi connectivity index (χ4v) is 2.88. The van der Waals surface area contributed by atoms with Gasteiger partial charge in [-0.3, -0.25) is 0 Å². The van der Waals surface area contributed by atoms with Crippen LogP contribution in [-0.4, -0.2) is 29.8 Å². The van der Waals surface area contributed by atoms with Crippen molar-refractivity contribution >= 4 is 23.4 Å². The standard InChI is InChI=1S/C19H18N2O5S/c1-3-5-13-7-8-14(15(10-13)23-2)24-12-18(22)25-11-17-20-19(26-21-17)16-6-4-9-27-16/h3-10H,11-12H2,1-2H3/b5-3+. The van der Waals surface area contributed by atoms with E-state index in [0.717, 1.165) is 10.4 Å². The number of benzene rings is 1. The van der Waals surface area contributed by atoms with Crippen LogP contribution in [0.2, 0.25) is 0 Å². The highest BCUT2D eigenvalue weighted by Gasteiger charge is 2.13. The van der Waals surface area contributed by atoms with E-state index in [4.69, 9.17) is 18.7 Å². The Labute approximate surface area is 160 Å². The Hall–Kier alpha value is -3.13. The second kappa shape index (κ2) is 9.00. The van der Waals surface area contributed by atoms with Crippen LogP contribution in [0, 0.1) is 0 Å². The molecule has 0 aliphatic carbocycles. The minimum atomic E-state index is -0.544. The number of carbonyl (C=O) groups is 1. The van der Waals surface area contributed by atoms with Gasteiger partial charge in [0.25, 0.3) is 5.89 Å². The highest BCUT2D eigenvalue weighted by Crippen LogP contribution is 2.28. The zero-order chi connectivity index (χ0) is 19.1. The summed E-state index contributed by atoms with van der Waals surface area (Å²) in [5.74, 6) is 1.15. The number of hydrogen-bond donors (Lipinski definition) is 0. The Morgan fingerprint density at radius 3 is 2.93 bits per heavy atom. The average molecular weight is 386 g/mol. The molecule has 0 aliphatic heterocycles. The first-order valence-corrected chi connectivity index (χ1v) is 9.03. The predicted molar refractivity (Wildman–Crippen MR) is 101 cm³/mol. The number of thiophene rings is 1. The van der Waals surface area contributed by atoms with Crippen LogP contribution in [0.25, 0.3) is 16.8 Å². The lowest BCUT2D eigenvalue weighted by Crippen LogP contribution is -2.15. The van der Waals surface area contributed by atoms with Crippen molar-refractivity contribution in [2.75, 3.05) is 13.7 Å². The normalized spacial score (nSPS) is 10.9. The van der Waals surface area contributed by atoms with Gasteiger partial charge in [0.05, 0.1) is 12.0 Å². The summed E-state index contributed by atoms with van der Waals surface area (Å²) in [5, 5.41) is 5.71. The second-order valence-electron chi connectivity index (χ2n) is 5.35. The Bertz CT molecular complexity index is 918. The molecule has 0 aliphatic rings. The lowest BCUT2D eigenvalue weighted by atomic mass is 10.2. The zero-order valence-electron chi connectivity index (χ0n) is 14.9. The van der Waals surface area contributed by atoms with Gasteiger partial charge in [-0.2, -0.15) is 4.98 Å². The topological polar surface area (TPSA) is 83.7 Å². The summed E-state index contributed by atoms with van der Waals surface area (Å²) in [5.41, 5.74) is 0.975. The lowest BCUT2D eigenvalue weighted by Gasteiger charge is -2.10. The molecule has 0 saturated heterocycles. The van der Waals surface area contributed by atoms with E-state index in [1.54, 1.807) is 13.2 Å². The number of methoxy groups -OCH3 is 1. The number of carbonyl (C=O) groups excluding carboxylic acids is 1. The van der Waals surface area contributed by atoms with Crippen molar-refractivity contribution in [2.45, 2.75) is 13.5 Å². The van der Waals surface area contributed by atoms with Crippen LogP contribution in [0.1, 0.15) is 18.3 Å². The molecule has 27 heavy (non-hydrogen) atoms. The van der Waals surface area contributed by atoms with Gasteiger partial charge < -0.3 is 18.7 Å². The number of allylic oxidation sites excluding steroid dienone is 1. The number of esters is 1. The number of rotatable bonds is 8. The highest BCUT2D eigenvalue weighted by molar-refractivity contribution is 7.13. The predicted octanol–water partition coefficient (Wildman–Crippen LogP) is 3.96. The average Bonchev–Trinajstić information content (AvgIpc) is 3.37. The molecular formula is C19H18N2O5S. The molecule has 0 fully saturated rings. The van der Waals surface area contributed by atoms with Gasteiger partial charge in [-0.25, -0.2) is 4.79 Å². The summed E-state index contributed by atoms with van der Waals surface area (Å²) in [4.78, 5) is 17.0. The number of hydrogen-bond acceptors (Lipinski definition) is 8. The van der Waals surface area contributed by atoms with Crippen LogP contribution < -0.4 is 9.47 Å². The third-order valence-corrected chi connectivity index (χ3v) is 4.31. The maximum Gasteiger partial charge on any atom is 0.344 e. The molecule has 2 aromatic heterocycles. The Kier molecular flexibility index (Phi) is 6.22. The van der Waals surface area contributed by atoms with Crippen molar-refractivity contribution in [1.29, 1.82) is 0 Å². The molecule has 3 rings (SSSR count). The summed E-state index contributed by atoms with van der Waals surface area (Å²) in [6.07, 6.45) is 3.87. The van der Waals surface area contributed by atoms with Crippen LogP contribution in [0.15, 0.2) is 46.3 Å². The number of aromatic nitrogens is 2. The second-order valence-corrected chi connectivity index (χ2v) is 6.30. The van der Waals surface area contributed by atoms with Crippen LogP contribution >= 0.6 is 11.3 Å². The van der Waals surface area contributed by atoms with Gasteiger partial charge >= 0.3 is 5.97 Å². The molecule has 7 nitrogen and oxygen atoms in total. The number of ether oxygens (including phenoxy) is 3. The summed E-state index contributed by atoms with van der Waals surface area (Å²) in [7, 11) is 1.54. The maximum absolute atomic E-state index is 11.9. The molecule has 8 heteroatoms. The fraction of sp³-hybridized carbons (Fsp3) is 0.211. The monoisotopic (exact) mass is 386 g/mol. The molecule has 0 N–H and O–H groups in total. The first-order valence-electron chi connectivity index (χ1n) is 8.15. The summed E-state index contributed by atoms with van der Waals surface area (Å²) in [6, 6.07) is 9.20. The minimum Gasteiger partial charge on any atom is -0.493 e. The largest absolute Gasteiger partial charge is 0.493 e. The summed E-state index contributed by atoms with van der Waals surface area (Å²) in [6.45, 7) is 1.59. The van der Waals surface area contributed by atoms with Crippen LogP contribution in [0.3, 0.4) is 0 Å². The SMILES string of the molecule is C/C=C/c1ccc(OCC(=O)OCc2noc(-c3cccs3)n2)c(OC)c1. The molecule has 0 saturated carbocycles. The molecule has 1 aromatic carbocycles. The molecule has 0 spiro atoms. The van der Waals surface area contributed by atoms with Gasteiger partial charge in [-0.05, 0) is 36.1 Å². The van der Waals surface area contributed by atoms with E-state index in [1.165, 1.54) is 11.3 Å². The van der Waals surface area contributed by atoms with E-state index in [0.29, 0.717) is 23.2 Å². The van der Waals surface area contributed by atoms with Crippen molar-refractivity contribution in [3.63, 3.8) is 0 Å². The maximum atomic E-state index is 11.9. The van der Waals surface area contributed by atoms with E-state index in [-0.39, 0.29) is 13.2 Å². The van der Waals surface area contributed by atoms with Gasteiger partial charge in [0.1, 0.15) is 0 Å². The molecule has 0 atom stereocenters. The summed E-state index contributed by atoms with van der Waals surface area (Å²) >= 11 is 1.49. The third-order valence-electron chi connectivity index (χ3n) is 3.45. The quantitative estimate of drug-likeness (QED) is 0.542. The van der Waals surface area contributed by atoms with E-state index in [9.17, 15) is 4.79 Å². The smallest absolute Gasteiger partial charge is 0.344 e. The molecule has 2 heterocycles. The first kappa shape index (κ1) is 18.7. The van der Waals surface area contributed by atoms with E-state index < -0.39 is 5.97 Å². The van der Waals surface area contributed by atoms with Crippen LogP contribution in [0.4, 0.5) is 0 Å². The lowest BCUT2D eigenvalue weighted by molar-refractivity contribution is -0.147. The van der Waals surface area contributed by atoms with E-state index in [2.05, 4.69) is 10.1 Å². The third kappa shape index (κ3) is 4.95. The fourth-order valence-electron chi connectivity index (χ4n) is 2.24. The molecule has 0 radical (unpaired) electrons. The van der Waals surface area contributed by atoms with E-state index in [1.807, 2.05) is 48.7 Å². The molecule has 0 bridgehead atoms. The molecule has 140 valence electrons. The van der Waals surface area contributed by atoms with Crippen LogP contribution in [0.5, 0.6) is 11.5 Å². The molecule has 3 aromatic rings. The van der Waals surface area contributed by atoms with Crippen molar-refractivity contribution < 1.29 is 23.5 Å². The van der Waals surface area contributed by atoms with Crippen molar-refractivity contribution in [1.82, 2.24) is 10.1 Å². The van der Waals surface area contributed by atoms with Gasteiger partial charge in [-0.1, -0.05) is 29.4 Å². The molecule has 0 amide bonds. The Morgan fingerprint density at radius 1 is 1.30 bits per heavy atom. The van der Waals surface area contributed by atoms with Crippen molar-refractivity contribution in [2.24, 2.45) is 0 Å². The van der Waals surface area contributed by atoms with Crippen molar-refractivity contribution in [3.8, 4) is 22.3 Å². The number of nitrogens with zero attached hydrogens (tertiary/aromatic N) is 2. The summed E-state index contributed by atoms with van der Waals surface area (Å²) < 4.78 is 21.0. The van der Waals surface area contributed by atoms with Gasteiger partial charge in [0.15, 0.2) is 24.7 Å². The van der Waals surface area contributed by atoms with E-state index >= 15 is 0 Å². The minimum absolute atomic E-state index is 0.0889. The van der Waals surface area contributed by atoms with Crippen LogP contribution in [-0.2, 0) is 16.1 Å².